The van der Waals surface area contributed by atoms with Gasteiger partial charge >= 0.3 is 0 Å². The van der Waals surface area contributed by atoms with Crippen LogP contribution in [0.5, 0.6) is 0 Å². The van der Waals surface area contributed by atoms with Gasteiger partial charge in [0.15, 0.2) is 0 Å². The number of hydrogen-bond acceptors (Lipinski definition) is 1. The molecular weight excluding hydrogens is 160 g/mol. The minimum atomic E-state index is 0.353. The normalized spacial score (nSPS) is 39.0. The Morgan fingerprint density at radius 1 is 1.27 bits per heavy atom. The maximum absolute atomic E-state index is 5.50. The van der Waals surface area contributed by atoms with Crippen LogP contribution in [0.1, 0.15) is 33.1 Å². The molecule has 0 spiro atoms. The Kier molecular flexibility index (Phi) is 3.67. The summed E-state index contributed by atoms with van der Waals surface area (Å²) in [6, 6.07) is 0.353. The van der Waals surface area contributed by atoms with Crippen LogP contribution in [0.25, 0.3) is 0 Å². The van der Waals surface area contributed by atoms with Crippen molar-refractivity contribution in [1.29, 1.82) is 0 Å². The SMILES string of the molecule is CC1CCC(OCCl)CC1C. The molecule has 1 saturated carbocycles. The van der Waals surface area contributed by atoms with E-state index < -0.39 is 0 Å². The Morgan fingerprint density at radius 3 is 2.55 bits per heavy atom. The standard InChI is InChI=1S/C9H17ClO/c1-7-3-4-9(11-6-10)5-8(7)2/h7-9H,3-6H2,1-2H3. The Morgan fingerprint density at radius 2 is 2.00 bits per heavy atom. The van der Waals surface area contributed by atoms with Crippen LogP contribution in [0.4, 0.5) is 0 Å². The molecule has 0 saturated heterocycles. The van der Waals surface area contributed by atoms with Crippen molar-refractivity contribution in [1.82, 2.24) is 0 Å². The molecule has 0 aromatic carbocycles. The van der Waals surface area contributed by atoms with E-state index in [2.05, 4.69) is 13.8 Å². The first-order valence-corrected chi connectivity index (χ1v) is 4.95. The third-order valence-electron chi connectivity index (χ3n) is 2.85. The van der Waals surface area contributed by atoms with E-state index in [0.717, 1.165) is 11.8 Å². The molecule has 3 atom stereocenters. The molecule has 0 radical (unpaired) electrons. The number of alkyl halides is 1. The summed E-state index contributed by atoms with van der Waals surface area (Å²) in [5.74, 6) is 1.67. The molecule has 0 heterocycles. The first-order valence-electron chi connectivity index (χ1n) is 4.41. The lowest BCUT2D eigenvalue weighted by Gasteiger charge is -2.31. The second kappa shape index (κ2) is 4.32. The molecule has 0 N–H and O–H groups in total. The molecule has 1 aliphatic carbocycles. The summed E-state index contributed by atoms with van der Waals surface area (Å²) in [5.41, 5.74) is 0. The van der Waals surface area contributed by atoms with Crippen molar-refractivity contribution in [3.05, 3.63) is 0 Å². The van der Waals surface area contributed by atoms with Crippen LogP contribution in [0.3, 0.4) is 0 Å². The van der Waals surface area contributed by atoms with Crippen molar-refractivity contribution in [2.24, 2.45) is 11.8 Å². The molecular formula is C9H17ClO. The molecule has 1 fully saturated rings. The van der Waals surface area contributed by atoms with E-state index in [4.69, 9.17) is 16.3 Å². The van der Waals surface area contributed by atoms with Crippen molar-refractivity contribution in [3.8, 4) is 0 Å². The molecule has 66 valence electrons. The van der Waals surface area contributed by atoms with Crippen LogP contribution in [-0.2, 0) is 4.74 Å². The molecule has 11 heavy (non-hydrogen) atoms. The minimum absolute atomic E-state index is 0.353. The van der Waals surface area contributed by atoms with E-state index in [1.165, 1.54) is 19.3 Å². The van der Waals surface area contributed by atoms with Crippen molar-refractivity contribution in [3.63, 3.8) is 0 Å². The second-order valence-electron chi connectivity index (χ2n) is 3.67. The average molecular weight is 177 g/mol. The number of ether oxygens (including phenoxy) is 1. The van der Waals surface area contributed by atoms with Gasteiger partial charge in [0, 0.05) is 0 Å². The summed E-state index contributed by atoms with van der Waals surface area (Å²) in [4.78, 5) is 0. The highest BCUT2D eigenvalue weighted by Gasteiger charge is 2.24. The summed E-state index contributed by atoms with van der Waals surface area (Å²) in [6.45, 7) is 4.62. The zero-order chi connectivity index (χ0) is 8.27. The van der Waals surface area contributed by atoms with Crippen LogP contribution < -0.4 is 0 Å². The van der Waals surface area contributed by atoms with Crippen molar-refractivity contribution in [2.45, 2.75) is 39.2 Å². The zero-order valence-corrected chi connectivity index (χ0v) is 8.10. The van der Waals surface area contributed by atoms with Gasteiger partial charge in [0.1, 0.15) is 6.07 Å². The molecule has 0 aliphatic heterocycles. The molecule has 3 unspecified atom stereocenters. The van der Waals surface area contributed by atoms with Gasteiger partial charge in [0.2, 0.25) is 0 Å². The molecule has 0 bridgehead atoms. The van der Waals surface area contributed by atoms with E-state index in [1.54, 1.807) is 0 Å². The van der Waals surface area contributed by atoms with Crippen LogP contribution in [0, 0.1) is 11.8 Å². The van der Waals surface area contributed by atoms with Crippen LogP contribution >= 0.6 is 11.6 Å². The summed E-state index contributed by atoms with van der Waals surface area (Å²) in [6.07, 6.45) is 4.10. The first kappa shape index (κ1) is 9.34. The predicted molar refractivity (Wildman–Crippen MR) is 47.8 cm³/mol. The molecule has 2 heteroatoms. The smallest absolute Gasteiger partial charge is 0.121 e. The van der Waals surface area contributed by atoms with Crippen molar-refractivity contribution >= 4 is 11.6 Å². The molecule has 0 aromatic rings. The van der Waals surface area contributed by atoms with Crippen molar-refractivity contribution < 1.29 is 4.74 Å². The van der Waals surface area contributed by atoms with Gasteiger partial charge in [-0.2, -0.15) is 0 Å². The maximum Gasteiger partial charge on any atom is 0.121 e. The summed E-state index contributed by atoms with van der Waals surface area (Å²) >= 11 is 5.50. The number of hydrogen-bond donors (Lipinski definition) is 0. The van der Waals surface area contributed by atoms with Gasteiger partial charge in [-0.1, -0.05) is 25.4 Å². The lowest BCUT2D eigenvalue weighted by Crippen LogP contribution is -2.26. The van der Waals surface area contributed by atoms with Crippen LogP contribution in [-0.4, -0.2) is 12.2 Å². The highest BCUT2D eigenvalue weighted by molar-refractivity contribution is 6.17. The van der Waals surface area contributed by atoms with E-state index in [1.807, 2.05) is 0 Å². The highest BCUT2D eigenvalue weighted by Crippen LogP contribution is 2.30. The topological polar surface area (TPSA) is 9.23 Å². The summed E-state index contributed by atoms with van der Waals surface area (Å²) in [7, 11) is 0. The van der Waals surface area contributed by atoms with Crippen LogP contribution in [0.2, 0.25) is 0 Å². The first-order chi connectivity index (χ1) is 5.24. The van der Waals surface area contributed by atoms with Gasteiger partial charge in [-0.05, 0) is 31.1 Å². The van der Waals surface area contributed by atoms with Gasteiger partial charge in [-0.15, -0.1) is 0 Å². The molecule has 0 amide bonds. The molecule has 1 aliphatic rings. The Hall–Kier alpha value is 0.250. The third kappa shape index (κ3) is 2.64. The van der Waals surface area contributed by atoms with Gasteiger partial charge in [-0.25, -0.2) is 0 Å². The minimum Gasteiger partial charge on any atom is -0.362 e. The Labute approximate surface area is 74.1 Å². The van der Waals surface area contributed by atoms with Gasteiger partial charge in [0.05, 0.1) is 6.10 Å². The highest BCUT2D eigenvalue weighted by atomic mass is 35.5. The molecule has 1 nitrogen and oxygen atoms in total. The number of halogens is 1. The number of rotatable bonds is 2. The Bertz CT molecular complexity index is 116. The second-order valence-corrected chi connectivity index (χ2v) is 3.88. The van der Waals surface area contributed by atoms with Crippen molar-refractivity contribution in [2.75, 3.05) is 6.07 Å². The monoisotopic (exact) mass is 176 g/mol. The molecule has 0 aromatic heterocycles. The summed E-state index contributed by atoms with van der Waals surface area (Å²) < 4.78 is 5.37. The average Bonchev–Trinajstić information content (AvgIpc) is 1.98. The maximum atomic E-state index is 5.50. The van der Waals surface area contributed by atoms with Gasteiger partial charge in [-0.3, -0.25) is 0 Å². The molecule has 1 rings (SSSR count). The quantitative estimate of drug-likeness (QED) is 0.588. The van der Waals surface area contributed by atoms with Gasteiger partial charge in [0.25, 0.3) is 0 Å². The van der Waals surface area contributed by atoms with Crippen LogP contribution in [0.15, 0.2) is 0 Å². The fourth-order valence-electron chi connectivity index (χ4n) is 1.74. The van der Waals surface area contributed by atoms with E-state index in [0.29, 0.717) is 12.2 Å². The van der Waals surface area contributed by atoms with E-state index in [9.17, 15) is 0 Å². The fourth-order valence-corrected chi connectivity index (χ4v) is 1.92. The lowest BCUT2D eigenvalue weighted by atomic mass is 9.80. The van der Waals surface area contributed by atoms with E-state index in [-0.39, 0.29) is 0 Å². The summed E-state index contributed by atoms with van der Waals surface area (Å²) in [5, 5.41) is 0. The largest absolute Gasteiger partial charge is 0.362 e. The Balaban J connectivity index is 2.28. The third-order valence-corrected chi connectivity index (χ3v) is 2.97. The lowest BCUT2D eigenvalue weighted by molar-refractivity contribution is 0.0263. The predicted octanol–water partition coefficient (Wildman–Crippen LogP) is 3.02. The van der Waals surface area contributed by atoms with E-state index >= 15 is 0 Å². The van der Waals surface area contributed by atoms with Gasteiger partial charge < -0.3 is 4.74 Å². The zero-order valence-electron chi connectivity index (χ0n) is 7.35. The fraction of sp³-hybridized carbons (Fsp3) is 1.00.